The molecule has 0 aliphatic rings. The van der Waals surface area contributed by atoms with Gasteiger partial charge in [0.05, 0.1) is 32.4 Å². The molecular weight excluding hydrogens is 386 g/mol. The van der Waals surface area contributed by atoms with Gasteiger partial charge in [-0.05, 0) is 15.9 Å². The van der Waals surface area contributed by atoms with Crippen LogP contribution in [0.2, 0.25) is 0 Å². The summed E-state index contributed by atoms with van der Waals surface area (Å²) in [5, 5.41) is 0.590. The highest BCUT2D eigenvalue weighted by Crippen LogP contribution is 2.34. The number of esters is 1. The number of rotatable bonds is 4. The van der Waals surface area contributed by atoms with Crippen LogP contribution >= 0.6 is 27.3 Å². The number of carbonyl (C=O) groups excluding carboxylic acids is 1. The van der Waals surface area contributed by atoms with E-state index in [-0.39, 0.29) is 0 Å². The lowest BCUT2D eigenvalue weighted by Gasteiger charge is -2.07. The van der Waals surface area contributed by atoms with Crippen molar-refractivity contribution in [1.82, 2.24) is 14.5 Å². The zero-order valence-corrected chi connectivity index (χ0v) is 14.9. The molecule has 2 aromatic heterocycles. The van der Waals surface area contributed by atoms with Crippen molar-refractivity contribution < 1.29 is 19.0 Å². The van der Waals surface area contributed by atoms with E-state index in [2.05, 4.69) is 25.9 Å². The average molecular weight is 398 g/mol. The van der Waals surface area contributed by atoms with Crippen LogP contribution in [0.4, 0.5) is 0 Å². The Bertz CT molecular complexity index is 890. The van der Waals surface area contributed by atoms with Gasteiger partial charge in [-0.3, -0.25) is 4.57 Å². The van der Waals surface area contributed by atoms with Crippen LogP contribution in [-0.4, -0.2) is 41.8 Å². The zero-order chi connectivity index (χ0) is 16.6. The summed E-state index contributed by atoms with van der Waals surface area (Å²) in [5.41, 5.74) is 1.52. The van der Waals surface area contributed by atoms with Gasteiger partial charge in [-0.15, -0.1) is 0 Å². The molecule has 0 saturated carbocycles. The van der Waals surface area contributed by atoms with E-state index in [0.717, 1.165) is 11.0 Å². The second-order valence-corrected chi connectivity index (χ2v) is 6.15. The van der Waals surface area contributed by atoms with E-state index in [1.165, 1.54) is 18.4 Å². The number of methoxy groups -OCH3 is 3. The topological polar surface area (TPSA) is 75.5 Å². The minimum Gasteiger partial charge on any atom is -0.493 e. The molecular formula is C14H12BrN3O4S. The summed E-state index contributed by atoms with van der Waals surface area (Å²) in [7, 11) is 4.47. The number of halogens is 1. The minimum atomic E-state index is -0.440. The SMILES string of the molecule is COC(=O)c1sc(-n2cnc3cc(OC)c(OC)cc32)nc1Br. The van der Waals surface area contributed by atoms with E-state index in [1.807, 2.05) is 6.07 Å². The molecule has 0 spiro atoms. The molecule has 0 aliphatic heterocycles. The molecule has 3 rings (SSSR count). The smallest absolute Gasteiger partial charge is 0.350 e. The van der Waals surface area contributed by atoms with Crippen molar-refractivity contribution in [2.45, 2.75) is 0 Å². The van der Waals surface area contributed by atoms with E-state index in [4.69, 9.17) is 14.2 Å². The molecule has 1 aromatic carbocycles. The molecule has 0 N–H and O–H groups in total. The quantitative estimate of drug-likeness (QED) is 0.629. The molecule has 7 nitrogen and oxygen atoms in total. The van der Waals surface area contributed by atoms with E-state index in [0.29, 0.717) is 26.1 Å². The van der Waals surface area contributed by atoms with E-state index < -0.39 is 5.97 Å². The summed E-state index contributed by atoms with van der Waals surface area (Å²) >= 11 is 4.49. The van der Waals surface area contributed by atoms with Crippen LogP contribution in [-0.2, 0) is 4.74 Å². The Hall–Kier alpha value is -2.13. The van der Waals surface area contributed by atoms with Crippen molar-refractivity contribution >= 4 is 44.3 Å². The predicted molar refractivity (Wildman–Crippen MR) is 88.9 cm³/mol. The molecule has 0 radical (unpaired) electrons. The van der Waals surface area contributed by atoms with E-state index in [9.17, 15) is 4.79 Å². The second-order valence-electron chi connectivity index (χ2n) is 4.42. The number of carbonyl (C=O) groups is 1. The maximum atomic E-state index is 11.7. The van der Waals surface area contributed by atoms with Crippen molar-refractivity contribution in [3.63, 3.8) is 0 Å². The Kier molecular flexibility index (Phi) is 4.22. The fourth-order valence-corrected chi connectivity index (χ4v) is 3.65. The maximum Gasteiger partial charge on any atom is 0.350 e. The van der Waals surface area contributed by atoms with Gasteiger partial charge < -0.3 is 14.2 Å². The van der Waals surface area contributed by atoms with Gasteiger partial charge in [0, 0.05) is 12.1 Å². The lowest BCUT2D eigenvalue weighted by atomic mass is 10.2. The van der Waals surface area contributed by atoms with Gasteiger partial charge in [0.15, 0.2) is 16.6 Å². The van der Waals surface area contributed by atoms with Crippen molar-refractivity contribution in [2.75, 3.05) is 21.3 Å². The molecule has 0 unspecified atom stereocenters. The minimum absolute atomic E-state index is 0.393. The molecule has 9 heteroatoms. The Morgan fingerprint density at radius 1 is 1.22 bits per heavy atom. The fourth-order valence-electron chi connectivity index (χ4n) is 2.10. The summed E-state index contributed by atoms with van der Waals surface area (Å²) in [4.78, 5) is 20.8. The molecule has 0 atom stereocenters. The molecule has 2 heterocycles. The number of ether oxygens (including phenoxy) is 3. The zero-order valence-electron chi connectivity index (χ0n) is 12.5. The first-order chi connectivity index (χ1) is 11.1. The summed E-state index contributed by atoms with van der Waals surface area (Å²) in [6.45, 7) is 0. The third-order valence-corrected chi connectivity index (χ3v) is 5.07. The molecule has 3 aromatic rings. The standard InChI is InChI=1S/C14H12BrN3O4S/c1-20-9-4-7-8(5-10(9)21-2)18(6-16-7)14-17-12(15)11(23-14)13(19)22-3/h4-6H,1-3H3. The van der Waals surface area contributed by atoms with Crippen LogP contribution in [0.1, 0.15) is 9.67 Å². The average Bonchev–Trinajstić information content (AvgIpc) is 3.15. The van der Waals surface area contributed by atoms with Gasteiger partial charge in [0.25, 0.3) is 0 Å². The number of aromatic nitrogens is 3. The number of nitrogens with zero attached hydrogens (tertiary/aromatic N) is 3. The number of imidazole rings is 1. The summed E-state index contributed by atoms with van der Waals surface area (Å²) in [5.74, 6) is 0.746. The highest BCUT2D eigenvalue weighted by molar-refractivity contribution is 9.10. The number of thiazole rings is 1. The lowest BCUT2D eigenvalue weighted by molar-refractivity contribution is 0.0605. The third kappa shape index (κ3) is 2.66. The monoisotopic (exact) mass is 397 g/mol. The van der Waals surface area contributed by atoms with Crippen LogP contribution in [0.3, 0.4) is 0 Å². The number of hydrogen-bond acceptors (Lipinski definition) is 7. The van der Waals surface area contributed by atoms with Crippen molar-refractivity contribution in [2.24, 2.45) is 0 Å². The number of benzene rings is 1. The molecule has 0 saturated heterocycles. The first-order valence-corrected chi connectivity index (χ1v) is 8.04. The molecule has 23 heavy (non-hydrogen) atoms. The maximum absolute atomic E-state index is 11.7. The fraction of sp³-hybridized carbons (Fsp3) is 0.214. The van der Waals surface area contributed by atoms with Gasteiger partial charge in [-0.25, -0.2) is 14.8 Å². The van der Waals surface area contributed by atoms with Crippen molar-refractivity contribution in [1.29, 1.82) is 0 Å². The first kappa shape index (κ1) is 15.8. The Balaban J connectivity index is 2.15. The molecule has 120 valence electrons. The van der Waals surface area contributed by atoms with E-state index in [1.54, 1.807) is 31.2 Å². The van der Waals surface area contributed by atoms with E-state index >= 15 is 0 Å². The van der Waals surface area contributed by atoms with Crippen LogP contribution in [0, 0.1) is 0 Å². The normalized spacial score (nSPS) is 10.8. The number of hydrogen-bond donors (Lipinski definition) is 0. The Labute approximate surface area is 143 Å². The highest BCUT2D eigenvalue weighted by atomic mass is 79.9. The van der Waals surface area contributed by atoms with Crippen molar-refractivity contribution in [3.8, 4) is 16.6 Å². The Morgan fingerprint density at radius 2 is 1.91 bits per heavy atom. The first-order valence-electron chi connectivity index (χ1n) is 6.43. The summed E-state index contributed by atoms with van der Waals surface area (Å²) in [6.07, 6.45) is 1.63. The van der Waals surface area contributed by atoms with Gasteiger partial charge in [-0.2, -0.15) is 0 Å². The van der Waals surface area contributed by atoms with Gasteiger partial charge in [0.2, 0.25) is 0 Å². The highest BCUT2D eigenvalue weighted by Gasteiger charge is 2.19. The van der Waals surface area contributed by atoms with Crippen molar-refractivity contribution in [3.05, 3.63) is 27.9 Å². The molecule has 0 amide bonds. The third-order valence-electron chi connectivity index (χ3n) is 3.20. The molecule has 0 bridgehead atoms. The van der Waals surface area contributed by atoms with Crippen LogP contribution in [0.15, 0.2) is 23.1 Å². The summed E-state index contributed by atoms with van der Waals surface area (Å²) < 4.78 is 17.6. The lowest BCUT2D eigenvalue weighted by Crippen LogP contribution is -1.98. The number of fused-ring (bicyclic) bond motifs is 1. The molecule has 0 fully saturated rings. The summed E-state index contributed by atoms with van der Waals surface area (Å²) in [6, 6.07) is 3.60. The van der Waals surface area contributed by atoms with Crippen LogP contribution in [0.5, 0.6) is 11.5 Å². The molecule has 0 aliphatic carbocycles. The van der Waals surface area contributed by atoms with Crippen LogP contribution in [0.25, 0.3) is 16.2 Å². The predicted octanol–water partition coefficient (Wildman–Crippen LogP) is 3.05. The second kappa shape index (κ2) is 6.17. The van der Waals surface area contributed by atoms with Gasteiger partial charge in [0.1, 0.15) is 15.8 Å². The largest absolute Gasteiger partial charge is 0.493 e. The van der Waals surface area contributed by atoms with Gasteiger partial charge in [-0.1, -0.05) is 11.3 Å². The Morgan fingerprint density at radius 3 is 2.57 bits per heavy atom. The van der Waals surface area contributed by atoms with Crippen LogP contribution < -0.4 is 9.47 Å². The van der Waals surface area contributed by atoms with Gasteiger partial charge >= 0.3 is 5.97 Å².